The molecule has 0 spiro atoms. The van der Waals surface area contributed by atoms with E-state index in [9.17, 15) is 9.90 Å². The summed E-state index contributed by atoms with van der Waals surface area (Å²) >= 11 is 1.67. The van der Waals surface area contributed by atoms with Gasteiger partial charge < -0.3 is 10.1 Å². The Morgan fingerprint density at radius 1 is 1.45 bits per heavy atom. The molecule has 6 heteroatoms. The highest BCUT2D eigenvalue weighted by Gasteiger charge is 2.30. The van der Waals surface area contributed by atoms with E-state index in [1.54, 1.807) is 11.3 Å². The number of aryl methyl sites for hydroxylation is 2. The van der Waals surface area contributed by atoms with Gasteiger partial charge in [-0.1, -0.05) is 0 Å². The lowest BCUT2D eigenvalue weighted by atomic mass is 10.2. The van der Waals surface area contributed by atoms with Gasteiger partial charge in [0.2, 0.25) is 0 Å². The zero-order valence-corrected chi connectivity index (χ0v) is 13.6. The van der Waals surface area contributed by atoms with Crippen LogP contribution in [0.15, 0.2) is 4.79 Å². The lowest BCUT2D eigenvalue weighted by Crippen LogP contribution is -2.31. The Hall–Kier alpha value is -1.24. The summed E-state index contributed by atoms with van der Waals surface area (Å²) in [5, 5.41) is 10.8. The van der Waals surface area contributed by atoms with Crippen LogP contribution in [0.25, 0.3) is 10.2 Å². The third kappa shape index (κ3) is 2.59. The first kappa shape index (κ1) is 14.4. The van der Waals surface area contributed by atoms with E-state index in [0.717, 1.165) is 42.3 Å². The number of aromatic amines is 1. The second-order valence-corrected chi connectivity index (χ2v) is 7.74. The minimum atomic E-state index is -0.258. The molecule has 0 amide bonds. The average molecular weight is 319 g/mol. The van der Waals surface area contributed by atoms with E-state index in [1.165, 1.54) is 10.4 Å². The molecule has 1 fully saturated rings. The minimum Gasteiger partial charge on any atom is -0.392 e. The van der Waals surface area contributed by atoms with Crippen molar-refractivity contribution in [1.82, 2.24) is 14.9 Å². The van der Waals surface area contributed by atoms with E-state index >= 15 is 0 Å². The molecule has 0 aromatic carbocycles. The highest BCUT2D eigenvalue weighted by molar-refractivity contribution is 7.18. The van der Waals surface area contributed by atoms with Gasteiger partial charge in [0.25, 0.3) is 5.56 Å². The van der Waals surface area contributed by atoms with Crippen LogP contribution < -0.4 is 5.56 Å². The molecule has 2 N–H and O–H groups in total. The number of rotatable bonds is 5. The molecule has 4 rings (SSSR count). The molecule has 1 unspecified atom stereocenters. The van der Waals surface area contributed by atoms with Crippen molar-refractivity contribution in [2.45, 2.75) is 44.8 Å². The standard InChI is InChI=1S/C16H21N3O2S/c1-19(7-11(20)9-5-6-9)8-13-17-15(21)14-10-3-2-4-12(10)22-16(14)18-13/h9,11,20H,2-8H2,1H3,(H,17,18,21). The fourth-order valence-electron chi connectivity index (χ4n) is 3.39. The van der Waals surface area contributed by atoms with E-state index in [0.29, 0.717) is 24.8 Å². The van der Waals surface area contributed by atoms with Crippen molar-refractivity contribution in [3.63, 3.8) is 0 Å². The highest BCUT2D eigenvalue weighted by Crippen LogP contribution is 2.34. The number of likely N-dealkylation sites (N-methyl/N-ethyl adjacent to an activating group) is 1. The number of nitrogens with one attached hydrogen (secondary N) is 1. The minimum absolute atomic E-state index is 0.00413. The maximum atomic E-state index is 12.4. The molecule has 0 bridgehead atoms. The maximum Gasteiger partial charge on any atom is 0.259 e. The van der Waals surface area contributed by atoms with E-state index in [2.05, 4.69) is 9.97 Å². The van der Waals surface area contributed by atoms with Gasteiger partial charge in [-0.3, -0.25) is 9.69 Å². The summed E-state index contributed by atoms with van der Waals surface area (Å²) in [6.45, 7) is 1.20. The summed E-state index contributed by atoms with van der Waals surface area (Å²) in [7, 11) is 1.96. The van der Waals surface area contributed by atoms with Gasteiger partial charge in [0.15, 0.2) is 0 Å². The van der Waals surface area contributed by atoms with Gasteiger partial charge >= 0.3 is 0 Å². The molecule has 1 atom stereocenters. The Morgan fingerprint density at radius 3 is 3.05 bits per heavy atom. The first-order valence-electron chi connectivity index (χ1n) is 8.02. The largest absolute Gasteiger partial charge is 0.392 e. The number of aromatic nitrogens is 2. The van der Waals surface area contributed by atoms with Crippen molar-refractivity contribution in [1.29, 1.82) is 0 Å². The Balaban J connectivity index is 1.56. The quantitative estimate of drug-likeness (QED) is 0.880. The van der Waals surface area contributed by atoms with Gasteiger partial charge in [-0.25, -0.2) is 4.98 Å². The average Bonchev–Trinajstić information content (AvgIpc) is 3.10. The fourth-order valence-corrected chi connectivity index (χ4v) is 4.67. The van der Waals surface area contributed by atoms with Gasteiger partial charge in [-0.05, 0) is 50.6 Å². The number of hydrogen-bond donors (Lipinski definition) is 2. The van der Waals surface area contributed by atoms with Gasteiger partial charge in [0.05, 0.1) is 18.0 Å². The predicted octanol–water partition coefficient (Wildman–Crippen LogP) is 1.68. The summed E-state index contributed by atoms with van der Waals surface area (Å²) in [6.07, 6.45) is 5.25. The van der Waals surface area contributed by atoms with Crippen LogP contribution in [0.4, 0.5) is 0 Å². The van der Waals surface area contributed by atoms with Crippen LogP contribution in [-0.4, -0.2) is 39.7 Å². The molecular formula is C16H21N3O2S. The van der Waals surface area contributed by atoms with Crippen LogP contribution in [0.2, 0.25) is 0 Å². The maximum absolute atomic E-state index is 12.4. The van der Waals surface area contributed by atoms with Crippen LogP contribution in [0.1, 0.15) is 35.5 Å². The van der Waals surface area contributed by atoms with Crippen molar-refractivity contribution in [2.24, 2.45) is 5.92 Å². The molecule has 2 aliphatic rings. The summed E-state index contributed by atoms with van der Waals surface area (Å²) in [4.78, 5) is 24.2. The molecule has 0 radical (unpaired) electrons. The van der Waals surface area contributed by atoms with Crippen molar-refractivity contribution in [2.75, 3.05) is 13.6 Å². The first-order chi connectivity index (χ1) is 10.6. The topological polar surface area (TPSA) is 69.2 Å². The number of fused-ring (bicyclic) bond motifs is 3. The SMILES string of the molecule is CN(Cc1nc2sc3c(c2c(=O)[nH]1)CCC3)CC(O)C1CC1. The second kappa shape index (κ2) is 5.44. The summed E-state index contributed by atoms with van der Waals surface area (Å²) in [5.74, 6) is 1.17. The molecule has 118 valence electrons. The molecular weight excluding hydrogens is 298 g/mol. The van der Waals surface area contributed by atoms with E-state index in [4.69, 9.17) is 0 Å². The number of thiophene rings is 1. The van der Waals surface area contributed by atoms with E-state index < -0.39 is 0 Å². The van der Waals surface area contributed by atoms with Crippen molar-refractivity contribution < 1.29 is 5.11 Å². The number of H-pyrrole nitrogens is 1. The molecule has 1 saturated carbocycles. The fraction of sp³-hybridized carbons (Fsp3) is 0.625. The normalized spacial score (nSPS) is 19.0. The van der Waals surface area contributed by atoms with Gasteiger partial charge in [-0.2, -0.15) is 0 Å². The van der Waals surface area contributed by atoms with Crippen molar-refractivity contribution in [3.8, 4) is 0 Å². The summed E-state index contributed by atoms with van der Waals surface area (Å²) < 4.78 is 0. The third-order valence-corrected chi connectivity index (χ3v) is 5.89. The molecule has 2 aliphatic carbocycles. The molecule has 2 heterocycles. The lowest BCUT2D eigenvalue weighted by Gasteiger charge is -2.19. The number of hydrogen-bond acceptors (Lipinski definition) is 5. The number of aliphatic hydroxyl groups excluding tert-OH is 1. The van der Waals surface area contributed by atoms with Gasteiger partial charge in [0, 0.05) is 11.4 Å². The molecule has 22 heavy (non-hydrogen) atoms. The van der Waals surface area contributed by atoms with E-state index in [1.807, 2.05) is 11.9 Å². The Morgan fingerprint density at radius 2 is 2.27 bits per heavy atom. The van der Waals surface area contributed by atoms with Crippen LogP contribution in [0.3, 0.4) is 0 Å². The van der Waals surface area contributed by atoms with Crippen LogP contribution >= 0.6 is 11.3 Å². The van der Waals surface area contributed by atoms with Gasteiger partial charge in [-0.15, -0.1) is 11.3 Å². The molecule has 5 nitrogen and oxygen atoms in total. The summed E-state index contributed by atoms with van der Waals surface area (Å²) in [6, 6.07) is 0. The highest BCUT2D eigenvalue weighted by atomic mass is 32.1. The van der Waals surface area contributed by atoms with Crippen LogP contribution in [0.5, 0.6) is 0 Å². The third-order valence-electron chi connectivity index (χ3n) is 4.71. The Bertz CT molecular complexity index is 763. The second-order valence-electron chi connectivity index (χ2n) is 6.65. The van der Waals surface area contributed by atoms with Crippen LogP contribution in [0, 0.1) is 5.92 Å². The van der Waals surface area contributed by atoms with Gasteiger partial charge in [0.1, 0.15) is 10.7 Å². The molecule has 2 aromatic rings. The monoisotopic (exact) mass is 319 g/mol. The van der Waals surface area contributed by atoms with Crippen molar-refractivity contribution in [3.05, 3.63) is 26.6 Å². The lowest BCUT2D eigenvalue weighted by molar-refractivity contribution is 0.103. The Kier molecular flexibility index (Phi) is 3.55. The molecule has 0 saturated heterocycles. The molecule has 0 aliphatic heterocycles. The zero-order valence-electron chi connectivity index (χ0n) is 12.8. The zero-order chi connectivity index (χ0) is 15.3. The first-order valence-corrected chi connectivity index (χ1v) is 8.83. The smallest absolute Gasteiger partial charge is 0.259 e. The van der Waals surface area contributed by atoms with Crippen molar-refractivity contribution >= 4 is 21.6 Å². The molecule has 2 aromatic heterocycles. The summed E-state index contributed by atoms with van der Waals surface area (Å²) in [5.41, 5.74) is 1.22. The number of aliphatic hydroxyl groups is 1. The predicted molar refractivity (Wildman–Crippen MR) is 87.3 cm³/mol. The van der Waals surface area contributed by atoms with Crippen LogP contribution in [-0.2, 0) is 19.4 Å². The Labute approximate surface area is 133 Å². The number of nitrogens with zero attached hydrogens (tertiary/aromatic N) is 2. The van der Waals surface area contributed by atoms with E-state index in [-0.39, 0.29) is 11.7 Å².